The fraction of sp³-hybridized carbons (Fsp3) is 0.296. The number of hydrogen-bond acceptors (Lipinski definition) is 6. The molecule has 0 spiro atoms. The van der Waals surface area contributed by atoms with E-state index in [0.29, 0.717) is 28.6 Å². The van der Waals surface area contributed by atoms with Crippen molar-refractivity contribution in [3.63, 3.8) is 0 Å². The Morgan fingerprint density at radius 1 is 0.833 bits per heavy atom. The van der Waals surface area contributed by atoms with E-state index < -0.39 is 21.9 Å². The minimum atomic E-state index is -3.30. The molecular weight excluding hydrogens is 523 g/mol. The quantitative estimate of drug-likeness (QED) is 0.254. The van der Waals surface area contributed by atoms with Crippen LogP contribution in [0.25, 0.3) is 0 Å². The Hall–Kier alpha value is -2.58. The summed E-state index contributed by atoms with van der Waals surface area (Å²) in [5.74, 6) is 0.0693. The smallest absolute Gasteiger partial charge is 0.343 e. The normalized spacial score (nSPS) is 11.4. The van der Waals surface area contributed by atoms with Gasteiger partial charge in [0.15, 0.2) is 16.4 Å². The minimum Gasteiger partial charge on any atom is -0.482 e. The summed E-state index contributed by atoms with van der Waals surface area (Å²) in [5, 5.41) is 1.22. The summed E-state index contributed by atoms with van der Waals surface area (Å²) < 4.78 is 41.1. The molecule has 3 aromatic carbocycles. The van der Waals surface area contributed by atoms with Gasteiger partial charge in [-0.2, -0.15) is 0 Å². The molecule has 0 unspecified atom stereocenters. The van der Waals surface area contributed by atoms with E-state index in [1.165, 1.54) is 7.11 Å². The highest BCUT2D eigenvalue weighted by Gasteiger charge is 2.18. The van der Waals surface area contributed by atoms with Gasteiger partial charge >= 0.3 is 5.97 Å². The van der Waals surface area contributed by atoms with Crippen molar-refractivity contribution in [2.24, 2.45) is 0 Å². The van der Waals surface area contributed by atoms with Crippen LogP contribution in [-0.4, -0.2) is 46.2 Å². The molecule has 0 saturated carbocycles. The number of halogens is 2. The van der Waals surface area contributed by atoms with E-state index in [2.05, 4.69) is 4.74 Å². The standard InChI is InChI=1S/C27H28Cl2O6S/c1-33-26(30)19-35-25-14-4-20(5-15-25)3-2-17-36(31,32)18-16-34-27(21-6-10-23(28)11-7-21)22-8-12-24(29)13-9-22/h4-15,27H,2-3,16-19H2,1H3. The molecule has 0 radical (unpaired) electrons. The molecule has 0 N–H and O–H groups in total. The molecule has 3 aromatic rings. The van der Waals surface area contributed by atoms with Crippen molar-refractivity contribution in [2.75, 3.05) is 31.8 Å². The predicted octanol–water partition coefficient (Wildman–Crippen LogP) is 5.70. The highest BCUT2D eigenvalue weighted by atomic mass is 35.5. The third kappa shape index (κ3) is 9.13. The van der Waals surface area contributed by atoms with Crippen molar-refractivity contribution < 1.29 is 27.4 Å². The van der Waals surface area contributed by atoms with Crippen LogP contribution in [0.1, 0.15) is 29.2 Å². The number of rotatable bonds is 13. The van der Waals surface area contributed by atoms with Gasteiger partial charge in [-0.15, -0.1) is 0 Å². The first kappa shape index (κ1) is 28.0. The third-order valence-electron chi connectivity index (χ3n) is 5.45. The Balaban J connectivity index is 1.50. The molecule has 0 heterocycles. The summed E-state index contributed by atoms with van der Waals surface area (Å²) in [5.41, 5.74) is 2.73. The second-order valence-corrected chi connectivity index (χ2v) is 11.3. The zero-order valence-corrected chi connectivity index (χ0v) is 22.2. The molecule has 0 amide bonds. The molecule has 192 valence electrons. The second-order valence-electron chi connectivity index (χ2n) is 8.12. The van der Waals surface area contributed by atoms with Gasteiger partial charge in [0.1, 0.15) is 11.9 Å². The van der Waals surface area contributed by atoms with Gasteiger partial charge in [-0.25, -0.2) is 13.2 Å². The lowest BCUT2D eigenvalue weighted by Gasteiger charge is -2.19. The maximum atomic E-state index is 12.6. The Labute approximate surface area is 222 Å². The van der Waals surface area contributed by atoms with Crippen LogP contribution in [0.5, 0.6) is 5.75 Å². The third-order valence-corrected chi connectivity index (χ3v) is 7.66. The molecule has 0 aromatic heterocycles. The summed E-state index contributed by atoms with van der Waals surface area (Å²) in [6, 6.07) is 21.7. The number of hydrogen-bond donors (Lipinski definition) is 0. The number of aryl methyl sites for hydroxylation is 1. The van der Waals surface area contributed by atoms with Crippen molar-refractivity contribution in [2.45, 2.75) is 18.9 Å². The zero-order valence-electron chi connectivity index (χ0n) is 19.9. The molecule has 0 aliphatic heterocycles. The largest absolute Gasteiger partial charge is 0.482 e. The van der Waals surface area contributed by atoms with Gasteiger partial charge in [0.2, 0.25) is 0 Å². The van der Waals surface area contributed by atoms with Crippen LogP contribution in [-0.2, 0) is 30.5 Å². The summed E-state index contributed by atoms with van der Waals surface area (Å²) in [6.07, 6.45) is 0.660. The monoisotopic (exact) mass is 550 g/mol. The summed E-state index contributed by atoms with van der Waals surface area (Å²) in [7, 11) is -2.00. The van der Waals surface area contributed by atoms with Crippen LogP contribution >= 0.6 is 23.2 Å². The lowest BCUT2D eigenvalue weighted by atomic mass is 10.0. The Morgan fingerprint density at radius 3 is 1.92 bits per heavy atom. The van der Waals surface area contributed by atoms with Crippen molar-refractivity contribution in [1.82, 2.24) is 0 Å². The number of sulfone groups is 1. The molecule has 0 fully saturated rings. The lowest BCUT2D eigenvalue weighted by Crippen LogP contribution is -2.18. The van der Waals surface area contributed by atoms with Gasteiger partial charge in [-0.1, -0.05) is 59.6 Å². The van der Waals surface area contributed by atoms with Crippen molar-refractivity contribution in [1.29, 1.82) is 0 Å². The van der Waals surface area contributed by atoms with Crippen LogP contribution in [0.4, 0.5) is 0 Å². The van der Waals surface area contributed by atoms with Gasteiger partial charge in [0.25, 0.3) is 0 Å². The molecule has 0 atom stereocenters. The molecule has 0 aliphatic carbocycles. The fourth-order valence-corrected chi connectivity index (χ4v) is 4.90. The summed E-state index contributed by atoms with van der Waals surface area (Å²) in [6.45, 7) is -0.0997. The highest BCUT2D eigenvalue weighted by Crippen LogP contribution is 2.28. The highest BCUT2D eigenvalue weighted by molar-refractivity contribution is 7.91. The number of benzene rings is 3. The van der Waals surface area contributed by atoms with E-state index >= 15 is 0 Å². The maximum Gasteiger partial charge on any atom is 0.343 e. The van der Waals surface area contributed by atoms with Crippen LogP contribution in [0.3, 0.4) is 0 Å². The number of carbonyl (C=O) groups excluding carboxylic acids is 1. The molecule has 36 heavy (non-hydrogen) atoms. The fourth-order valence-electron chi connectivity index (χ4n) is 3.50. The molecule has 9 heteroatoms. The molecule has 0 aliphatic rings. The number of methoxy groups -OCH3 is 1. The van der Waals surface area contributed by atoms with Gasteiger partial charge in [-0.3, -0.25) is 0 Å². The SMILES string of the molecule is COC(=O)COc1ccc(CCCS(=O)(=O)CCOC(c2ccc(Cl)cc2)c2ccc(Cl)cc2)cc1. The maximum absolute atomic E-state index is 12.6. The van der Waals surface area contributed by atoms with Gasteiger partial charge in [0, 0.05) is 10.0 Å². The van der Waals surface area contributed by atoms with Crippen LogP contribution in [0, 0.1) is 0 Å². The average Bonchev–Trinajstić information content (AvgIpc) is 2.87. The van der Waals surface area contributed by atoms with Gasteiger partial charge in [-0.05, 0) is 65.9 Å². The Bertz CT molecular complexity index is 1170. The van der Waals surface area contributed by atoms with Crippen LogP contribution in [0.15, 0.2) is 72.8 Å². The van der Waals surface area contributed by atoms with E-state index in [-0.39, 0.29) is 24.7 Å². The van der Waals surface area contributed by atoms with E-state index in [4.69, 9.17) is 32.7 Å². The van der Waals surface area contributed by atoms with Gasteiger partial charge < -0.3 is 14.2 Å². The number of ether oxygens (including phenoxy) is 3. The van der Waals surface area contributed by atoms with E-state index in [1.807, 2.05) is 36.4 Å². The summed E-state index contributed by atoms with van der Waals surface area (Å²) >= 11 is 12.0. The number of esters is 1. The minimum absolute atomic E-state index is 0.0590. The van der Waals surface area contributed by atoms with E-state index in [1.54, 1.807) is 36.4 Å². The summed E-state index contributed by atoms with van der Waals surface area (Å²) in [4.78, 5) is 11.1. The van der Waals surface area contributed by atoms with E-state index in [0.717, 1.165) is 16.7 Å². The van der Waals surface area contributed by atoms with Gasteiger partial charge in [0.05, 0.1) is 25.2 Å². The number of carbonyl (C=O) groups is 1. The average molecular weight is 551 g/mol. The van der Waals surface area contributed by atoms with Crippen LogP contribution in [0.2, 0.25) is 10.0 Å². The van der Waals surface area contributed by atoms with Crippen molar-refractivity contribution >= 4 is 39.0 Å². The molecular formula is C27H28Cl2O6S. The predicted molar refractivity (Wildman–Crippen MR) is 142 cm³/mol. The van der Waals surface area contributed by atoms with E-state index in [9.17, 15) is 13.2 Å². The lowest BCUT2D eigenvalue weighted by molar-refractivity contribution is -0.142. The molecule has 6 nitrogen and oxygen atoms in total. The second kappa shape index (κ2) is 13.7. The first-order valence-electron chi connectivity index (χ1n) is 11.4. The molecule has 0 saturated heterocycles. The van der Waals surface area contributed by atoms with Crippen LogP contribution < -0.4 is 4.74 Å². The zero-order chi connectivity index (χ0) is 26.0. The van der Waals surface area contributed by atoms with Crippen molar-refractivity contribution in [3.8, 4) is 5.75 Å². The topological polar surface area (TPSA) is 78.9 Å². The Kier molecular flexibility index (Phi) is 10.6. The van der Waals surface area contributed by atoms with Crippen molar-refractivity contribution in [3.05, 3.63) is 99.5 Å². The first-order chi connectivity index (χ1) is 17.3. The Morgan fingerprint density at radius 2 is 1.39 bits per heavy atom. The first-order valence-corrected chi connectivity index (χ1v) is 13.9. The molecule has 0 bridgehead atoms. The molecule has 3 rings (SSSR count).